The van der Waals surface area contributed by atoms with Crippen molar-refractivity contribution in [3.63, 3.8) is 0 Å². The molecule has 3 aliphatic rings. The number of carbonyl (C=O) groups is 2. The molecule has 3 aliphatic heterocycles. The van der Waals surface area contributed by atoms with Crippen molar-refractivity contribution in [1.29, 1.82) is 0 Å². The lowest BCUT2D eigenvalue weighted by Gasteiger charge is -2.55. The Morgan fingerprint density at radius 3 is 2.49 bits per heavy atom. The van der Waals surface area contributed by atoms with Gasteiger partial charge in [0.2, 0.25) is 5.91 Å². The Morgan fingerprint density at radius 2 is 1.79 bits per heavy atom. The van der Waals surface area contributed by atoms with Gasteiger partial charge in [-0.3, -0.25) is 24.8 Å². The van der Waals surface area contributed by atoms with Gasteiger partial charge in [-0.25, -0.2) is 14.6 Å². The predicted molar refractivity (Wildman–Crippen MR) is 182 cm³/mol. The van der Waals surface area contributed by atoms with Crippen LogP contribution in [0.2, 0.25) is 0 Å². The number of piperidine rings is 1. The number of likely N-dealkylation sites (N-methyl/N-ethyl adjacent to an activating group) is 2. The summed E-state index contributed by atoms with van der Waals surface area (Å²) in [5.41, 5.74) is 6.83. The first-order valence-electron chi connectivity index (χ1n) is 16.5. The molecule has 0 spiro atoms. The second-order valence-electron chi connectivity index (χ2n) is 14.1. The average Bonchev–Trinajstić information content (AvgIpc) is 3.53. The fourth-order valence-electron chi connectivity index (χ4n) is 6.98. The van der Waals surface area contributed by atoms with Gasteiger partial charge in [-0.1, -0.05) is 38.1 Å². The summed E-state index contributed by atoms with van der Waals surface area (Å²) in [6.45, 7) is 9.30. The van der Waals surface area contributed by atoms with E-state index in [0.29, 0.717) is 12.1 Å². The number of aromatic nitrogens is 2. The van der Waals surface area contributed by atoms with Gasteiger partial charge in [-0.05, 0) is 69.3 Å². The first-order chi connectivity index (χ1) is 22.4. The minimum Gasteiger partial charge on any atom is -0.395 e. The third-order valence-corrected chi connectivity index (χ3v) is 10.4. The summed E-state index contributed by atoms with van der Waals surface area (Å²) in [7, 11) is 5.95. The zero-order valence-electron chi connectivity index (χ0n) is 28.4. The summed E-state index contributed by atoms with van der Waals surface area (Å²) in [6, 6.07) is 15.4. The Hall–Kier alpha value is -3.97. The molecule has 1 aromatic heterocycles. The molecule has 2 amide bonds. The van der Waals surface area contributed by atoms with E-state index in [0.717, 1.165) is 55.1 Å². The maximum atomic E-state index is 13.3. The first kappa shape index (κ1) is 33.0. The summed E-state index contributed by atoms with van der Waals surface area (Å²) in [5.74, 6) is 0.278. The third kappa shape index (κ3) is 6.34. The lowest BCUT2D eigenvalue weighted by Crippen LogP contribution is -2.71. The fourth-order valence-corrected chi connectivity index (χ4v) is 6.98. The molecule has 47 heavy (non-hydrogen) atoms. The van der Waals surface area contributed by atoms with Crippen LogP contribution in [-0.2, 0) is 10.2 Å². The van der Waals surface area contributed by atoms with Crippen LogP contribution in [-0.4, -0.2) is 112 Å². The molecule has 2 aromatic carbocycles. The molecule has 0 aliphatic carbocycles. The lowest BCUT2D eigenvalue weighted by molar-refractivity contribution is -0.139. The summed E-state index contributed by atoms with van der Waals surface area (Å²) in [5, 5.41) is 16.7. The van der Waals surface area contributed by atoms with E-state index in [4.69, 9.17) is 0 Å². The first-order valence-corrected chi connectivity index (χ1v) is 16.5. The molecule has 0 saturated carbocycles. The number of anilines is 1. The van der Waals surface area contributed by atoms with Crippen molar-refractivity contribution >= 4 is 17.5 Å². The van der Waals surface area contributed by atoms with Gasteiger partial charge in [0.05, 0.1) is 6.61 Å². The number of nitrogens with zero attached hydrogens (tertiary/aromatic N) is 6. The van der Waals surface area contributed by atoms with Crippen LogP contribution < -0.4 is 16.1 Å². The molecule has 4 heterocycles. The molecule has 0 bridgehead atoms. The molecule has 6 rings (SSSR count). The Kier molecular flexibility index (Phi) is 9.05. The predicted octanol–water partition coefficient (Wildman–Crippen LogP) is 2.77. The zero-order valence-corrected chi connectivity index (χ0v) is 28.4. The minimum absolute atomic E-state index is 0.0142. The van der Waals surface area contributed by atoms with Crippen LogP contribution in [0.25, 0.3) is 0 Å². The van der Waals surface area contributed by atoms with E-state index >= 15 is 0 Å². The van der Waals surface area contributed by atoms with Crippen LogP contribution in [0.5, 0.6) is 0 Å². The van der Waals surface area contributed by atoms with E-state index in [1.54, 1.807) is 11.1 Å². The largest absolute Gasteiger partial charge is 0.395 e. The van der Waals surface area contributed by atoms with Crippen molar-refractivity contribution in [3.8, 4) is 0 Å². The molecule has 2 saturated heterocycles. The Bertz CT molecular complexity index is 1570. The lowest BCUT2D eigenvalue weighted by atomic mass is 9.85. The molecule has 4 unspecified atom stereocenters. The summed E-state index contributed by atoms with van der Waals surface area (Å²) >= 11 is 0. The van der Waals surface area contributed by atoms with Crippen molar-refractivity contribution < 1.29 is 14.7 Å². The number of likely N-dealkylation sites (tertiary alicyclic amines) is 1. The highest BCUT2D eigenvalue weighted by molar-refractivity contribution is 5.94. The topological polar surface area (TPSA) is 121 Å². The SMILES string of the molecule is CN1CCN(C)C(c2ccc(NC3c4nccn4NC(C)(N4CCCC(NC(=O)c5ccc(C(C)(C)CO)cc5)C4)N3C)cc2)C1=O. The standard InChI is InChI=1S/C35H49N9O3/c1-34(2,23-45)26-13-9-25(10-14-26)32(46)38-28-8-7-18-43(22-28)35(3)39-44-19-17-36-30(44)31(42(35)6)37-27-15-11-24(12-16-27)29-33(47)41(5)21-20-40(29)4/h9-17,19,28-29,31,37,39,45H,7-8,18,20-23H2,1-6H3,(H,38,46). The number of amides is 2. The quantitative estimate of drug-likeness (QED) is 0.294. The van der Waals surface area contributed by atoms with Crippen molar-refractivity contribution in [2.45, 2.75) is 63.1 Å². The summed E-state index contributed by atoms with van der Waals surface area (Å²) < 4.78 is 1.98. The van der Waals surface area contributed by atoms with Gasteiger partial charge >= 0.3 is 0 Å². The summed E-state index contributed by atoms with van der Waals surface area (Å²) in [6.07, 6.45) is 5.33. The number of rotatable bonds is 8. The minimum atomic E-state index is -0.589. The fraction of sp³-hybridized carbons (Fsp3) is 0.514. The normalized spacial score (nSPS) is 26.1. The van der Waals surface area contributed by atoms with Crippen molar-refractivity contribution in [1.82, 2.24) is 34.6 Å². The van der Waals surface area contributed by atoms with Gasteiger partial charge in [0, 0.05) is 68.3 Å². The van der Waals surface area contributed by atoms with Crippen LogP contribution in [0, 0.1) is 0 Å². The highest BCUT2D eigenvalue weighted by Crippen LogP contribution is 2.35. The third-order valence-electron chi connectivity index (χ3n) is 10.4. The number of hydrogen-bond acceptors (Lipinski definition) is 9. The molecule has 2 fully saturated rings. The van der Waals surface area contributed by atoms with Crippen LogP contribution in [0.3, 0.4) is 0 Å². The van der Waals surface area contributed by atoms with Gasteiger partial charge < -0.3 is 20.6 Å². The molecule has 12 heteroatoms. The molecule has 12 nitrogen and oxygen atoms in total. The average molecular weight is 644 g/mol. The van der Waals surface area contributed by atoms with Gasteiger partial charge in [-0.15, -0.1) is 0 Å². The number of hydrogen-bond donors (Lipinski definition) is 4. The maximum Gasteiger partial charge on any atom is 0.251 e. The molecular weight excluding hydrogens is 594 g/mol. The van der Waals surface area contributed by atoms with Gasteiger partial charge in [0.15, 0.2) is 11.6 Å². The molecule has 4 atom stereocenters. The number of aliphatic hydroxyl groups is 1. The zero-order chi connectivity index (χ0) is 33.5. The second-order valence-corrected chi connectivity index (χ2v) is 14.1. The molecule has 4 N–H and O–H groups in total. The van der Waals surface area contributed by atoms with Gasteiger partial charge in [0.25, 0.3) is 5.91 Å². The van der Waals surface area contributed by atoms with Crippen LogP contribution in [0.1, 0.15) is 73.1 Å². The number of benzene rings is 2. The van der Waals surface area contributed by atoms with E-state index in [-0.39, 0.29) is 42.1 Å². The van der Waals surface area contributed by atoms with E-state index in [1.807, 2.05) is 87.3 Å². The number of imidazole rings is 1. The number of nitrogens with one attached hydrogen (secondary N) is 3. The smallest absolute Gasteiger partial charge is 0.251 e. The van der Waals surface area contributed by atoms with Crippen molar-refractivity contribution in [3.05, 3.63) is 83.4 Å². The van der Waals surface area contributed by atoms with Crippen LogP contribution in [0.15, 0.2) is 60.9 Å². The number of piperazine rings is 1. The van der Waals surface area contributed by atoms with Crippen LogP contribution in [0.4, 0.5) is 5.69 Å². The van der Waals surface area contributed by atoms with E-state index < -0.39 is 5.79 Å². The number of fused-ring (bicyclic) bond motifs is 1. The monoisotopic (exact) mass is 643 g/mol. The van der Waals surface area contributed by atoms with E-state index in [9.17, 15) is 14.7 Å². The van der Waals surface area contributed by atoms with Gasteiger partial charge in [-0.2, -0.15) is 0 Å². The van der Waals surface area contributed by atoms with Crippen LogP contribution >= 0.6 is 0 Å². The van der Waals surface area contributed by atoms with E-state index in [1.165, 1.54) is 0 Å². The highest BCUT2D eigenvalue weighted by Gasteiger charge is 2.47. The molecule has 252 valence electrons. The Labute approximate surface area is 277 Å². The number of aliphatic hydroxyl groups excluding tert-OH is 1. The Morgan fingerprint density at radius 1 is 1.06 bits per heavy atom. The highest BCUT2D eigenvalue weighted by atomic mass is 16.3. The Balaban J connectivity index is 1.16. The summed E-state index contributed by atoms with van der Waals surface area (Å²) in [4.78, 5) is 39.4. The number of carbonyl (C=O) groups excluding carboxylic acids is 2. The van der Waals surface area contributed by atoms with E-state index in [2.05, 4.69) is 49.7 Å². The molecule has 0 radical (unpaired) electrons. The molecule has 3 aromatic rings. The maximum absolute atomic E-state index is 13.3. The second kappa shape index (κ2) is 12.9. The molecular formula is C35H49N9O3. The van der Waals surface area contributed by atoms with Gasteiger partial charge in [0.1, 0.15) is 12.2 Å². The van der Waals surface area contributed by atoms with Crippen molar-refractivity contribution in [2.24, 2.45) is 0 Å². The van der Waals surface area contributed by atoms with Crippen molar-refractivity contribution in [2.75, 3.05) is 64.7 Å².